The Labute approximate surface area is 241 Å². The molecule has 5 aromatic rings. The van der Waals surface area contributed by atoms with Gasteiger partial charge in [-0.1, -0.05) is 53.8 Å². The molecule has 1 aromatic heterocycles. The molecule has 0 spiro atoms. The summed E-state index contributed by atoms with van der Waals surface area (Å²) in [5.74, 6) is -3.64. The van der Waals surface area contributed by atoms with Crippen LogP contribution in [0.4, 0.5) is 10.8 Å². The number of carboxylic acids is 2. The number of thioether (sulfide) groups is 1. The van der Waals surface area contributed by atoms with Gasteiger partial charge in [0.25, 0.3) is 5.91 Å². The summed E-state index contributed by atoms with van der Waals surface area (Å²) in [6, 6.07) is 27.0. The minimum atomic E-state index is -1.42. The molecular formula is C30H21N3O6S2. The lowest BCUT2D eigenvalue weighted by atomic mass is 10.0. The molecule has 1 heterocycles. The van der Waals surface area contributed by atoms with Crippen LogP contribution < -0.4 is 10.6 Å². The first-order chi connectivity index (χ1) is 19.8. The van der Waals surface area contributed by atoms with Crippen LogP contribution in [0.25, 0.3) is 10.2 Å². The molecule has 0 aliphatic carbocycles. The van der Waals surface area contributed by atoms with Gasteiger partial charge in [0.1, 0.15) is 5.25 Å². The molecule has 0 saturated heterocycles. The van der Waals surface area contributed by atoms with Gasteiger partial charge in [0.05, 0.1) is 26.9 Å². The maximum absolute atomic E-state index is 13.4. The Kier molecular flexibility index (Phi) is 8.09. The molecule has 0 bridgehead atoms. The quantitative estimate of drug-likeness (QED) is 0.146. The van der Waals surface area contributed by atoms with Gasteiger partial charge in [-0.3, -0.25) is 9.59 Å². The highest BCUT2D eigenvalue weighted by molar-refractivity contribution is 8.00. The van der Waals surface area contributed by atoms with Crippen molar-refractivity contribution in [3.8, 4) is 0 Å². The molecule has 0 saturated carbocycles. The number of aromatic carboxylic acids is 2. The lowest BCUT2D eigenvalue weighted by Crippen LogP contribution is -2.19. The van der Waals surface area contributed by atoms with Gasteiger partial charge in [0.15, 0.2) is 5.13 Å². The van der Waals surface area contributed by atoms with Gasteiger partial charge < -0.3 is 20.8 Å². The van der Waals surface area contributed by atoms with E-state index in [4.69, 9.17) is 5.11 Å². The van der Waals surface area contributed by atoms with Crippen LogP contribution in [0, 0.1) is 0 Å². The van der Waals surface area contributed by atoms with Crippen LogP contribution in [-0.2, 0) is 4.79 Å². The number of anilines is 2. The summed E-state index contributed by atoms with van der Waals surface area (Å²) < 4.78 is 0.970. The summed E-state index contributed by atoms with van der Waals surface area (Å²) in [6.07, 6.45) is 0. The number of hydrogen-bond donors (Lipinski definition) is 4. The third kappa shape index (κ3) is 6.43. The molecule has 1 unspecified atom stereocenters. The molecule has 4 aromatic carbocycles. The first-order valence-electron chi connectivity index (χ1n) is 12.2. The number of carboxylic acid groups (broad SMARTS) is 2. The smallest absolute Gasteiger partial charge is 0.336 e. The van der Waals surface area contributed by atoms with Crippen LogP contribution in [0.3, 0.4) is 0 Å². The van der Waals surface area contributed by atoms with Gasteiger partial charge in [0.2, 0.25) is 5.91 Å². The van der Waals surface area contributed by atoms with Gasteiger partial charge in [-0.25, -0.2) is 14.6 Å². The van der Waals surface area contributed by atoms with Crippen LogP contribution in [0.5, 0.6) is 0 Å². The average Bonchev–Trinajstić information content (AvgIpc) is 3.39. The number of thiazole rings is 1. The predicted molar refractivity (Wildman–Crippen MR) is 158 cm³/mol. The van der Waals surface area contributed by atoms with Gasteiger partial charge in [-0.15, -0.1) is 11.8 Å². The number of nitrogens with one attached hydrogen (secondary N) is 2. The fraction of sp³-hybridized carbons (Fsp3) is 0.0333. The van der Waals surface area contributed by atoms with E-state index in [1.165, 1.54) is 35.2 Å². The van der Waals surface area contributed by atoms with Crippen molar-refractivity contribution in [1.29, 1.82) is 0 Å². The summed E-state index contributed by atoms with van der Waals surface area (Å²) >= 11 is 2.73. The van der Waals surface area contributed by atoms with Gasteiger partial charge >= 0.3 is 11.9 Å². The molecule has 11 heteroatoms. The molecule has 5 rings (SSSR count). The number of hydrogen-bond acceptors (Lipinski definition) is 7. The Morgan fingerprint density at radius 1 is 0.756 bits per heavy atom. The first-order valence-corrected chi connectivity index (χ1v) is 13.9. The van der Waals surface area contributed by atoms with Crippen molar-refractivity contribution in [2.24, 2.45) is 0 Å². The van der Waals surface area contributed by atoms with Gasteiger partial charge in [-0.05, 0) is 60.2 Å². The normalized spacial score (nSPS) is 11.5. The van der Waals surface area contributed by atoms with Gasteiger partial charge in [-0.2, -0.15) is 0 Å². The fourth-order valence-corrected chi connectivity index (χ4v) is 5.89. The van der Waals surface area contributed by atoms with E-state index in [0.717, 1.165) is 26.7 Å². The largest absolute Gasteiger partial charge is 0.478 e. The lowest BCUT2D eigenvalue weighted by molar-refractivity contribution is -0.115. The molecule has 204 valence electrons. The molecule has 2 amide bonds. The van der Waals surface area contributed by atoms with Crippen LogP contribution in [0.1, 0.15) is 41.9 Å². The van der Waals surface area contributed by atoms with E-state index >= 15 is 0 Å². The number of benzene rings is 4. The molecule has 1 atom stereocenters. The molecule has 0 fully saturated rings. The Balaban J connectivity index is 1.32. The molecule has 0 aliphatic heterocycles. The van der Waals surface area contributed by atoms with E-state index in [9.17, 15) is 24.3 Å². The number of amides is 2. The Morgan fingerprint density at radius 2 is 1.46 bits per heavy atom. The Morgan fingerprint density at radius 3 is 2.15 bits per heavy atom. The number of fused-ring (bicyclic) bond motifs is 1. The van der Waals surface area contributed by atoms with E-state index in [1.807, 2.05) is 54.6 Å². The van der Waals surface area contributed by atoms with E-state index in [2.05, 4.69) is 15.6 Å². The van der Waals surface area contributed by atoms with E-state index in [1.54, 1.807) is 24.3 Å². The Hall–Kier alpha value is -5.00. The van der Waals surface area contributed by atoms with Crippen molar-refractivity contribution in [1.82, 2.24) is 4.98 Å². The number of carbonyl (C=O) groups is 4. The molecule has 0 radical (unpaired) electrons. The maximum Gasteiger partial charge on any atom is 0.336 e. The highest BCUT2D eigenvalue weighted by Gasteiger charge is 2.24. The lowest BCUT2D eigenvalue weighted by Gasteiger charge is -2.16. The number of rotatable bonds is 9. The van der Waals surface area contributed by atoms with Crippen molar-refractivity contribution in [3.63, 3.8) is 0 Å². The van der Waals surface area contributed by atoms with Gasteiger partial charge in [0, 0.05) is 10.6 Å². The van der Waals surface area contributed by atoms with Crippen molar-refractivity contribution < 1.29 is 29.4 Å². The van der Waals surface area contributed by atoms with Crippen molar-refractivity contribution in [2.75, 3.05) is 10.6 Å². The number of carbonyl (C=O) groups excluding carboxylic acids is 2. The minimum absolute atomic E-state index is 0.170. The SMILES string of the molecule is O=C(O)c1ccc(C(=O)Nc2ccc(SC(C(=O)Nc3nc4ccccc4s3)c3ccccc3)cc2)c(C(=O)O)c1. The summed E-state index contributed by atoms with van der Waals surface area (Å²) in [6.45, 7) is 0. The van der Waals surface area contributed by atoms with Crippen molar-refractivity contribution in [3.05, 3.63) is 119 Å². The molecular weight excluding hydrogens is 562 g/mol. The zero-order valence-corrected chi connectivity index (χ0v) is 22.7. The molecule has 9 nitrogen and oxygen atoms in total. The topological polar surface area (TPSA) is 146 Å². The number of nitrogens with zero attached hydrogens (tertiary/aromatic N) is 1. The third-order valence-electron chi connectivity index (χ3n) is 5.97. The summed E-state index contributed by atoms with van der Waals surface area (Å²) in [4.78, 5) is 54.3. The monoisotopic (exact) mass is 583 g/mol. The second-order valence-electron chi connectivity index (χ2n) is 8.73. The molecule has 4 N–H and O–H groups in total. The summed E-state index contributed by atoms with van der Waals surface area (Å²) in [5.41, 5.74) is 1.19. The first kappa shape index (κ1) is 27.6. The van der Waals surface area contributed by atoms with Crippen LogP contribution in [0.15, 0.2) is 102 Å². The second-order valence-corrected chi connectivity index (χ2v) is 10.9. The van der Waals surface area contributed by atoms with E-state index in [-0.39, 0.29) is 17.0 Å². The predicted octanol–water partition coefficient (Wildman–Crippen LogP) is 6.42. The van der Waals surface area contributed by atoms with E-state index < -0.39 is 28.7 Å². The molecule has 41 heavy (non-hydrogen) atoms. The van der Waals surface area contributed by atoms with Crippen LogP contribution in [0.2, 0.25) is 0 Å². The highest BCUT2D eigenvalue weighted by Crippen LogP contribution is 2.37. The standard InChI is InChI=1S/C30H21N3O6S2/c34-26(21-15-10-18(28(36)37)16-22(21)29(38)39)31-19-11-13-20(14-12-19)40-25(17-6-2-1-3-7-17)27(35)33-30-32-23-8-4-5-9-24(23)41-30/h1-16,25H,(H,31,34)(H,36,37)(H,38,39)(H,32,33,35). The average molecular weight is 584 g/mol. The van der Waals surface area contributed by atoms with E-state index in [0.29, 0.717) is 10.8 Å². The summed E-state index contributed by atoms with van der Waals surface area (Å²) in [7, 11) is 0. The summed E-state index contributed by atoms with van der Waals surface area (Å²) in [5, 5.41) is 24.1. The molecule has 0 aliphatic rings. The second kappa shape index (κ2) is 12.0. The van der Waals surface area contributed by atoms with Crippen molar-refractivity contribution in [2.45, 2.75) is 10.1 Å². The van der Waals surface area contributed by atoms with Crippen molar-refractivity contribution >= 4 is 67.9 Å². The number of aromatic nitrogens is 1. The zero-order chi connectivity index (χ0) is 28.9. The Bertz CT molecular complexity index is 1740. The number of para-hydroxylation sites is 1. The zero-order valence-electron chi connectivity index (χ0n) is 21.1. The fourth-order valence-electron chi connectivity index (χ4n) is 4.00. The third-order valence-corrected chi connectivity index (χ3v) is 8.19. The maximum atomic E-state index is 13.4. The minimum Gasteiger partial charge on any atom is -0.478 e. The van der Waals surface area contributed by atoms with Crippen LogP contribution in [-0.4, -0.2) is 39.0 Å². The highest BCUT2D eigenvalue weighted by atomic mass is 32.2. The van der Waals surface area contributed by atoms with Crippen LogP contribution >= 0.6 is 23.1 Å².